The van der Waals surface area contributed by atoms with E-state index >= 15 is 0 Å². The molecule has 1 aliphatic carbocycles. The molecule has 36 heavy (non-hydrogen) atoms. The lowest BCUT2D eigenvalue weighted by atomic mass is 9.82. The van der Waals surface area contributed by atoms with E-state index in [-0.39, 0.29) is 11.6 Å². The number of allylic oxidation sites excluding steroid dienone is 2. The molecule has 0 fully saturated rings. The molecule has 4 nitrogen and oxygen atoms in total. The van der Waals surface area contributed by atoms with E-state index in [9.17, 15) is 9.59 Å². The first-order chi connectivity index (χ1) is 17.6. The van der Waals surface area contributed by atoms with Crippen LogP contribution in [0.4, 0.5) is 22.7 Å². The van der Waals surface area contributed by atoms with Crippen LogP contribution in [0.5, 0.6) is 0 Å². The molecule has 1 aliphatic rings. The van der Waals surface area contributed by atoms with Crippen molar-refractivity contribution in [2.45, 2.75) is 12.8 Å². The van der Waals surface area contributed by atoms with Gasteiger partial charge in [0, 0.05) is 22.5 Å². The summed E-state index contributed by atoms with van der Waals surface area (Å²) in [6.07, 6.45) is 5.29. The number of fused-ring (bicyclic) bond motifs is 2. The van der Waals surface area contributed by atoms with Gasteiger partial charge in [0.2, 0.25) is 0 Å². The van der Waals surface area contributed by atoms with E-state index in [4.69, 9.17) is 0 Å². The van der Waals surface area contributed by atoms with Crippen molar-refractivity contribution in [1.29, 1.82) is 0 Å². The fourth-order valence-corrected chi connectivity index (χ4v) is 4.52. The molecular weight excluding hydrogens is 444 g/mol. The largest absolute Gasteiger partial charge is 0.355 e. The highest BCUT2D eigenvalue weighted by atomic mass is 16.1. The van der Waals surface area contributed by atoms with Gasteiger partial charge in [-0.15, -0.1) is 13.2 Å². The number of rotatable bonds is 8. The van der Waals surface area contributed by atoms with Crippen LogP contribution in [-0.4, -0.2) is 11.6 Å². The average molecular weight is 471 g/mol. The Bertz CT molecular complexity index is 1370. The predicted octanol–water partition coefficient (Wildman–Crippen LogP) is 7.41. The monoisotopic (exact) mass is 470 g/mol. The summed E-state index contributed by atoms with van der Waals surface area (Å²) in [4.78, 5) is 27.4. The van der Waals surface area contributed by atoms with Crippen molar-refractivity contribution in [1.82, 2.24) is 0 Å². The van der Waals surface area contributed by atoms with Crippen molar-refractivity contribution in [3.63, 3.8) is 0 Å². The summed E-state index contributed by atoms with van der Waals surface area (Å²) < 4.78 is 0. The van der Waals surface area contributed by atoms with Crippen LogP contribution >= 0.6 is 0 Å². The Morgan fingerprint density at radius 1 is 0.556 bits per heavy atom. The first-order valence-electron chi connectivity index (χ1n) is 11.9. The number of ketones is 2. The quantitative estimate of drug-likeness (QED) is 0.232. The van der Waals surface area contributed by atoms with Gasteiger partial charge < -0.3 is 10.6 Å². The molecule has 0 unspecified atom stereocenters. The maximum Gasteiger partial charge on any atom is 0.196 e. The second-order valence-electron chi connectivity index (χ2n) is 8.74. The van der Waals surface area contributed by atoms with Gasteiger partial charge in [-0.25, -0.2) is 0 Å². The van der Waals surface area contributed by atoms with Gasteiger partial charge in [0.05, 0.1) is 22.5 Å². The summed E-state index contributed by atoms with van der Waals surface area (Å²) in [6.45, 7) is 7.57. The zero-order chi connectivity index (χ0) is 25.1. The lowest BCUT2D eigenvalue weighted by Crippen LogP contribution is -2.23. The molecule has 0 saturated carbocycles. The molecule has 176 valence electrons. The summed E-state index contributed by atoms with van der Waals surface area (Å²) in [5.41, 5.74) is 6.76. The van der Waals surface area contributed by atoms with Crippen LogP contribution in [0.1, 0.15) is 43.0 Å². The van der Waals surface area contributed by atoms with Crippen LogP contribution in [0.25, 0.3) is 0 Å². The third kappa shape index (κ3) is 4.37. The van der Waals surface area contributed by atoms with E-state index in [0.717, 1.165) is 35.3 Å². The van der Waals surface area contributed by atoms with E-state index < -0.39 is 0 Å². The summed E-state index contributed by atoms with van der Waals surface area (Å²) in [5, 5.41) is 6.72. The summed E-state index contributed by atoms with van der Waals surface area (Å²) in [6, 6.07) is 26.6. The van der Waals surface area contributed by atoms with Crippen molar-refractivity contribution in [3.8, 4) is 0 Å². The molecule has 0 atom stereocenters. The van der Waals surface area contributed by atoms with E-state index in [1.54, 1.807) is 24.3 Å². The van der Waals surface area contributed by atoms with Gasteiger partial charge in [-0.05, 0) is 60.4 Å². The average Bonchev–Trinajstić information content (AvgIpc) is 2.90. The highest BCUT2D eigenvalue weighted by Gasteiger charge is 2.34. The normalized spacial score (nSPS) is 11.9. The summed E-state index contributed by atoms with van der Waals surface area (Å²) in [7, 11) is 0. The summed E-state index contributed by atoms with van der Waals surface area (Å²) >= 11 is 0. The SMILES string of the molecule is C=CCc1ccc(Nc2ccc(Nc3ccc(CC=C)cc3)c3c2C(=O)c2ccccc2C3=O)cc1. The van der Waals surface area contributed by atoms with E-state index in [2.05, 4.69) is 23.8 Å². The molecule has 4 aromatic carbocycles. The topological polar surface area (TPSA) is 58.2 Å². The molecule has 0 amide bonds. The van der Waals surface area contributed by atoms with E-state index in [1.807, 2.05) is 72.8 Å². The number of hydrogen-bond donors (Lipinski definition) is 2. The fraction of sp³-hybridized carbons (Fsp3) is 0.0625. The Labute approximate surface area is 211 Å². The van der Waals surface area contributed by atoms with E-state index in [1.165, 1.54) is 0 Å². The van der Waals surface area contributed by atoms with Gasteiger partial charge in [0.25, 0.3) is 0 Å². The Morgan fingerprint density at radius 2 is 0.944 bits per heavy atom. The lowest BCUT2D eigenvalue weighted by molar-refractivity contribution is 0.0980. The van der Waals surface area contributed by atoms with Gasteiger partial charge in [0.1, 0.15) is 0 Å². The molecule has 0 saturated heterocycles. The number of anilines is 4. The molecule has 4 aromatic rings. The van der Waals surface area contributed by atoms with Crippen molar-refractivity contribution < 1.29 is 9.59 Å². The molecule has 0 spiro atoms. The molecular formula is C32H26N2O2. The van der Waals surface area contributed by atoms with Crippen LogP contribution in [0.15, 0.2) is 110 Å². The van der Waals surface area contributed by atoms with Crippen LogP contribution < -0.4 is 10.6 Å². The molecule has 0 aromatic heterocycles. The van der Waals surface area contributed by atoms with Crippen molar-refractivity contribution in [3.05, 3.63) is 144 Å². The maximum atomic E-state index is 13.7. The number of carbonyl (C=O) groups excluding carboxylic acids is 2. The van der Waals surface area contributed by atoms with Gasteiger partial charge in [-0.2, -0.15) is 0 Å². The fourth-order valence-electron chi connectivity index (χ4n) is 4.52. The minimum Gasteiger partial charge on any atom is -0.355 e. The molecule has 4 heteroatoms. The molecule has 0 aliphatic heterocycles. The number of benzene rings is 4. The van der Waals surface area contributed by atoms with Crippen molar-refractivity contribution in [2.24, 2.45) is 0 Å². The minimum atomic E-state index is -0.170. The second kappa shape index (κ2) is 9.88. The van der Waals surface area contributed by atoms with Crippen LogP contribution in [0.3, 0.4) is 0 Å². The maximum absolute atomic E-state index is 13.7. The van der Waals surface area contributed by atoms with Crippen molar-refractivity contribution >= 4 is 34.3 Å². The highest BCUT2D eigenvalue weighted by molar-refractivity contribution is 6.32. The number of nitrogens with one attached hydrogen (secondary N) is 2. The molecule has 0 radical (unpaired) electrons. The molecule has 0 heterocycles. The first-order valence-corrected chi connectivity index (χ1v) is 11.9. The van der Waals surface area contributed by atoms with Gasteiger partial charge in [-0.1, -0.05) is 60.7 Å². The first kappa shape index (κ1) is 23.1. The molecule has 0 bridgehead atoms. The zero-order valence-electron chi connectivity index (χ0n) is 19.9. The van der Waals surface area contributed by atoms with Crippen LogP contribution in [0.2, 0.25) is 0 Å². The second-order valence-corrected chi connectivity index (χ2v) is 8.74. The Kier molecular flexibility index (Phi) is 6.33. The number of hydrogen-bond acceptors (Lipinski definition) is 4. The van der Waals surface area contributed by atoms with Gasteiger partial charge in [-0.3, -0.25) is 9.59 Å². The minimum absolute atomic E-state index is 0.170. The molecule has 2 N–H and O–H groups in total. The smallest absolute Gasteiger partial charge is 0.196 e. The van der Waals surface area contributed by atoms with Crippen LogP contribution in [-0.2, 0) is 12.8 Å². The predicted molar refractivity (Wildman–Crippen MR) is 147 cm³/mol. The van der Waals surface area contributed by atoms with E-state index in [0.29, 0.717) is 33.6 Å². The lowest BCUT2D eigenvalue weighted by Gasteiger charge is -2.24. The van der Waals surface area contributed by atoms with Crippen molar-refractivity contribution in [2.75, 3.05) is 10.6 Å². The number of carbonyl (C=O) groups is 2. The zero-order valence-corrected chi connectivity index (χ0v) is 19.9. The standard InChI is InChI=1S/C32H26N2O2/c1-3-7-21-11-15-23(16-12-21)33-27-19-20-28(34-24-17-13-22(8-4-2)14-18-24)30-29(27)31(35)25-9-5-6-10-26(25)32(30)36/h3-6,9-20,33-34H,1-2,7-8H2. The molecule has 5 rings (SSSR count). The third-order valence-corrected chi connectivity index (χ3v) is 6.30. The Morgan fingerprint density at radius 3 is 1.31 bits per heavy atom. The third-order valence-electron chi connectivity index (χ3n) is 6.30. The van der Waals surface area contributed by atoms with Gasteiger partial charge in [0.15, 0.2) is 11.6 Å². The summed E-state index contributed by atoms with van der Waals surface area (Å²) in [5.74, 6) is -0.341. The Balaban J connectivity index is 1.57. The van der Waals surface area contributed by atoms with Crippen LogP contribution in [0, 0.1) is 0 Å². The Hall–Kier alpha value is -4.70. The highest BCUT2D eigenvalue weighted by Crippen LogP contribution is 2.38. The van der Waals surface area contributed by atoms with Gasteiger partial charge >= 0.3 is 0 Å².